The maximum absolute atomic E-state index is 11.9. The largest absolute Gasteiger partial charge is 0.379 e. The van der Waals surface area contributed by atoms with Crippen molar-refractivity contribution in [3.8, 4) is 0 Å². The van der Waals surface area contributed by atoms with Crippen molar-refractivity contribution in [1.29, 1.82) is 0 Å². The third-order valence-corrected chi connectivity index (χ3v) is 5.68. The van der Waals surface area contributed by atoms with Gasteiger partial charge in [0.15, 0.2) is 0 Å². The van der Waals surface area contributed by atoms with E-state index in [0.29, 0.717) is 13.1 Å². The minimum Gasteiger partial charge on any atom is -0.379 e. The summed E-state index contributed by atoms with van der Waals surface area (Å²) in [5, 5.41) is 11.2. The molecule has 0 saturated carbocycles. The molecule has 0 amide bonds. The van der Waals surface area contributed by atoms with Crippen LogP contribution in [0.15, 0.2) is 35.2 Å². The molecule has 178 valence electrons. The van der Waals surface area contributed by atoms with Gasteiger partial charge in [-0.15, -0.1) is 0 Å². The van der Waals surface area contributed by atoms with Gasteiger partial charge in [-0.1, -0.05) is 82.9 Å². The zero-order valence-electron chi connectivity index (χ0n) is 19.3. The van der Waals surface area contributed by atoms with Crippen molar-refractivity contribution in [3.05, 3.63) is 30.3 Å². The van der Waals surface area contributed by atoms with Crippen LogP contribution in [0.3, 0.4) is 0 Å². The Morgan fingerprint density at radius 2 is 1.42 bits per heavy atom. The van der Waals surface area contributed by atoms with E-state index in [-0.39, 0.29) is 54.9 Å². The second-order valence-corrected chi connectivity index (χ2v) is 8.81. The van der Waals surface area contributed by atoms with E-state index in [1.165, 1.54) is 51.4 Å². The minimum absolute atomic E-state index is 0. The predicted molar refractivity (Wildman–Crippen MR) is 120 cm³/mol. The van der Waals surface area contributed by atoms with Gasteiger partial charge in [0.25, 0.3) is 10.1 Å². The van der Waals surface area contributed by atoms with Crippen molar-refractivity contribution in [2.45, 2.75) is 89.2 Å². The molecule has 4 N–H and O–H groups in total. The van der Waals surface area contributed by atoms with Gasteiger partial charge in [-0.2, -0.15) is 8.42 Å². The van der Waals surface area contributed by atoms with Gasteiger partial charge in [-0.05, 0) is 25.5 Å². The van der Waals surface area contributed by atoms with Crippen LogP contribution in [-0.4, -0.2) is 39.4 Å². The van der Waals surface area contributed by atoms with Crippen molar-refractivity contribution in [3.63, 3.8) is 0 Å². The van der Waals surface area contributed by atoms with Crippen LogP contribution in [-0.2, 0) is 57.7 Å². The molecule has 6 nitrogen and oxygen atoms in total. The summed E-state index contributed by atoms with van der Waals surface area (Å²) in [6.45, 7) is 5.44. The Hall–Kier alpha value is 0.439. The molecular weight excluding hydrogens is 484 g/mol. The van der Waals surface area contributed by atoms with E-state index in [2.05, 4.69) is 12.2 Å². The molecule has 0 aliphatic heterocycles. The molecule has 1 rings (SSSR count). The minimum atomic E-state index is -3.57. The molecule has 1 aromatic carbocycles. The summed E-state index contributed by atoms with van der Waals surface area (Å²) in [6.07, 6.45) is 11.8. The molecule has 0 aliphatic rings. The molecule has 1 atom stereocenters. The normalized spacial score (nSPS) is 11.5. The summed E-state index contributed by atoms with van der Waals surface area (Å²) in [6, 6.07) is 8.33. The van der Waals surface area contributed by atoms with Crippen molar-refractivity contribution < 1.29 is 61.1 Å². The van der Waals surface area contributed by atoms with E-state index in [9.17, 15) is 8.42 Å². The second-order valence-electron chi connectivity index (χ2n) is 7.19. The summed E-state index contributed by atoms with van der Waals surface area (Å²) in [7, 11) is -3.57. The molecule has 0 spiro atoms. The number of aliphatic hydroxyl groups excluding tert-OH is 1. The summed E-state index contributed by atoms with van der Waals surface area (Å²) >= 11 is 0. The molecule has 0 aromatic heterocycles. The Morgan fingerprint density at radius 3 is 1.84 bits per heavy atom. The average molecular weight is 526 g/mol. The van der Waals surface area contributed by atoms with Crippen LogP contribution < -0.4 is 11.1 Å². The number of hydrogen-bond acceptors (Lipinski definition) is 6. The van der Waals surface area contributed by atoms with Crippen molar-refractivity contribution >= 4 is 10.1 Å². The Kier molecular flexibility index (Phi) is 29.1. The molecule has 0 fully saturated rings. The Balaban J connectivity index is -0.000000754. The van der Waals surface area contributed by atoms with Crippen LogP contribution in [0.2, 0.25) is 0 Å². The fourth-order valence-corrected chi connectivity index (χ4v) is 3.67. The summed E-state index contributed by atoms with van der Waals surface area (Å²) in [4.78, 5) is 0.238. The molecule has 0 saturated heterocycles. The number of rotatable bonds is 16. The van der Waals surface area contributed by atoms with Crippen LogP contribution >= 0.6 is 0 Å². The SMILES string of the molecule is CC(O)NCCN.CCCCCCCCCCCCOS(=O)(=O)c1ccccc1.[Ti].[Ti]. The fraction of sp³-hybridized carbons (Fsp3) is 0.727. The van der Waals surface area contributed by atoms with Gasteiger partial charge in [-0.3, -0.25) is 9.50 Å². The summed E-state index contributed by atoms with van der Waals surface area (Å²) in [5.74, 6) is 0. The Morgan fingerprint density at radius 1 is 0.935 bits per heavy atom. The van der Waals surface area contributed by atoms with E-state index < -0.39 is 16.3 Å². The van der Waals surface area contributed by atoms with Gasteiger partial charge < -0.3 is 10.8 Å². The third-order valence-electron chi connectivity index (χ3n) is 4.35. The molecule has 0 heterocycles. The molecule has 1 aromatic rings. The van der Waals surface area contributed by atoms with Crippen LogP contribution in [0.1, 0.15) is 78.1 Å². The van der Waals surface area contributed by atoms with Crippen molar-refractivity contribution in [1.82, 2.24) is 5.32 Å². The van der Waals surface area contributed by atoms with Gasteiger partial charge in [0.1, 0.15) is 6.23 Å². The quantitative estimate of drug-likeness (QED) is 0.129. The maximum Gasteiger partial charge on any atom is 0.296 e. The zero-order valence-corrected chi connectivity index (χ0v) is 23.3. The van der Waals surface area contributed by atoms with Crippen molar-refractivity contribution in [2.75, 3.05) is 19.7 Å². The van der Waals surface area contributed by atoms with Gasteiger partial charge in [0.2, 0.25) is 0 Å². The second kappa shape index (κ2) is 25.1. The van der Waals surface area contributed by atoms with Gasteiger partial charge in [0, 0.05) is 56.5 Å². The number of benzene rings is 1. The first kappa shape index (κ1) is 36.0. The van der Waals surface area contributed by atoms with Crippen LogP contribution in [0, 0.1) is 0 Å². The molecule has 1 unspecified atom stereocenters. The predicted octanol–water partition coefficient (Wildman–Crippen LogP) is 4.18. The van der Waals surface area contributed by atoms with Gasteiger partial charge in [0.05, 0.1) is 11.5 Å². The zero-order chi connectivity index (χ0) is 21.8. The van der Waals surface area contributed by atoms with Gasteiger partial charge >= 0.3 is 0 Å². The van der Waals surface area contributed by atoms with E-state index in [1.54, 1.807) is 37.3 Å². The number of nitrogens with one attached hydrogen (secondary N) is 1. The van der Waals surface area contributed by atoms with Crippen LogP contribution in [0.25, 0.3) is 0 Å². The maximum atomic E-state index is 11.9. The Labute approximate surface area is 220 Å². The molecular formula is C22H42N2O4STi2. The Bertz CT molecular complexity index is 576. The van der Waals surface area contributed by atoms with E-state index in [1.807, 2.05) is 0 Å². The van der Waals surface area contributed by atoms with E-state index in [0.717, 1.165) is 12.8 Å². The molecule has 0 radical (unpaired) electrons. The molecule has 0 aliphatic carbocycles. The van der Waals surface area contributed by atoms with Gasteiger partial charge in [-0.25, -0.2) is 0 Å². The van der Waals surface area contributed by atoms with E-state index >= 15 is 0 Å². The summed E-state index contributed by atoms with van der Waals surface area (Å²) < 4.78 is 28.8. The van der Waals surface area contributed by atoms with Crippen LogP contribution in [0.4, 0.5) is 0 Å². The van der Waals surface area contributed by atoms with E-state index in [4.69, 9.17) is 15.0 Å². The topological polar surface area (TPSA) is 102 Å². The summed E-state index contributed by atoms with van der Waals surface area (Å²) in [5.41, 5.74) is 5.10. The average Bonchev–Trinajstić information content (AvgIpc) is 2.71. The number of aliphatic hydroxyl groups is 1. The number of hydrogen-bond donors (Lipinski definition) is 3. The first-order valence-corrected chi connectivity index (χ1v) is 12.4. The first-order chi connectivity index (χ1) is 13.9. The molecule has 9 heteroatoms. The standard InChI is InChI=1S/C18H30O3S.C4H12N2O.2Ti/c1-2-3-4-5-6-7-8-9-10-14-17-21-22(19,20)18-15-12-11-13-16-18;1-4(7)6-3-2-5;;/h11-13,15-16H,2-10,14,17H2,1H3;4,6-7H,2-3,5H2,1H3;;. The number of nitrogens with two attached hydrogens (primary N) is 1. The van der Waals surface area contributed by atoms with Crippen LogP contribution in [0.5, 0.6) is 0 Å². The van der Waals surface area contributed by atoms with Crippen molar-refractivity contribution in [2.24, 2.45) is 5.73 Å². The number of unbranched alkanes of at least 4 members (excludes halogenated alkanes) is 9. The smallest absolute Gasteiger partial charge is 0.296 e. The molecule has 0 bridgehead atoms. The fourth-order valence-electron chi connectivity index (χ4n) is 2.71. The molecule has 31 heavy (non-hydrogen) atoms. The first-order valence-electron chi connectivity index (χ1n) is 11.0. The third kappa shape index (κ3) is 23.4. The monoisotopic (exact) mass is 526 g/mol.